The molecule has 1 saturated heterocycles. The van der Waals surface area contributed by atoms with Crippen molar-refractivity contribution in [3.63, 3.8) is 0 Å². The zero-order valence-corrected chi connectivity index (χ0v) is 9.45. The number of nitrogens with zero attached hydrogens (tertiary/aromatic N) is 1. The molecule has 0 atom stereocenters. The Bertz CT molecular complexity index is 188. The molecule has 1 heterocycles. The van der Waals surface area contributed by atoms with Gasteiger partial charge in [-0.05, 0) is 25.2 Å². The normalized spacial score (nSPS) is 18.1. The SMILES string of the molecule is CCCOCC(=O)N1CCC(CO)CC1. The Morgan fingerprint density at radius 1 is 1.47 bits per heavy atom. The number of piperidine rings is 1. The summed E-state index contributed by atoms with van der Waals surface area (Å²) in [5.74, 6) is 0.463. The van der Waals surface area contributed by atoms with E-state index in [-0.39, 0.29) is 19.1 Å². The van der Waals surface area contributed by atoms with Crippen molar-refractivity contribution in [2.75, 3.05) is 32.9 Å². The van der Waals surface area contributed by atoms with E-state index in [4.69, 9.17) is 9.84 Å². The summed E-state index contributed by atoms with van der Waals surface area (Å²) < 4.78 is 5.21. The van der Waals surface area contributed by atoms with Gasteiger partial charge in [0.05, 0.1) is 0 Å². The molecule has 1 aliphatic heterocycles. The first-order valence-electron chi connectivity index (χ1n) is 5.74. The van der Waals surface area contributed by atoms with Crippen molar-refractivity contribution in [1.82, 2.24) is 4.90 Å². The fourth-order valence-electron chi connectivity index (χ4n) is 1.76. The van der Waals surface area contributed by atoms with E-state index in [1.54, 1.807) is 0 Å². The van der Waals surface area contributed by atoms with Crippen LogP contribution in [-0.2, 0) is 9.53 Å². The fourth-order valence-corrected chi connectivity index (χ4v) is 1.76. The summed E-state index contributed by atoms with van der Waals surface area (Å²) in [7, 11) is 0. The highest BCUT2D eigenvalue weighted by Crippen LogP contribution is 2.16. The van der Waals surface area contributed by atoms with Crippen molar-refractivity contribution in [2.45, 2.75) is 26.2 Å². The van der Waals surface area contributed by atoms with Crippen LogP contribution in [0.5, 0.6) is 0 Å². The van der Waals surface area contributed by atoms with Gasteiger partial charge in [-0.3, -0.25) is 4.79 Å². The molecular formula is C11H21NO3. The number of ether oxygens (including phenoxy) is 1. The second-order valence-electron chi connectivity index (χ2n) is 4.06. The van der Waals surface area contributed by atoms with Gasteiger partial charge in [0.1, 0.15) is 6.61 Å². The molecule has 4 nitrogen and oxygen atoms in total. The van der Waals surface area contributed by atoms with Crippen LogP contribution in [0, 0.1) is 5.92 Å². The largest absolute Gasteiger partial charge is 0.396 e. The first kappa shape index (κ1) is 12.5. The maximum Gasteiger partial charge on any atom is 0.248 e. The van der Waals surface area contributed by atoms with Crippen LogP contribution in [0.2, 0.25) is 0 Å². The lowest BCUT2D eigenvalue weighted by atomic mass is 9.98. The molecule has 0 bridgehead atoms. The number of rotatable bonds is 5. The molecule has 0 unspecified atom stereocenters. The quantitative estimate of drug-likeness (QED) is 0.685. The van der Waals surface area contributed by atoms with Gasteiger partial charge in [-0.2, -0.15) is 0 Å². The molecule has 1 rings (SSSR count). The molecule has 1 fully saturated rings. The zero-order chi connectivity index (χ0) is 11.1. The first-order chi connectivity index (χ1) is 7.27. The van der Waals surface area contributed by atoms with Gasteiger partial charge < -0.3 is 14.7 Å². The van der Waals surface area contributed by atoms with E-state index in [9.17, 15) is 4.79 Å². The van der Waals surface area contributed by atoms with Crippen LogP contribution in [0.3, 0.4) is 0 Å². The van der Waals surface area contributed by atoms with E-state index in [1.807, 2.05) is 11.8 Å². The summed E-state index contributed by atoms with van der Waals surface area (Å²) in [5.41, 5.74) is 0. The maximum atomic E-state index is 11.6. The van der Waals surface area contributed by atoms with Crippen LogP contribution in [0.15, 0.2) is 0 Å². The van der Waals surface area contributed by atoms with Crippen LogP contribution in [-0.4, -0.2) is 48.8 Å². The van der Waals surface area contributed by atoms with Crippen molar-refractivity contribution in [3.05, 3.63) is 0 Å². The molecule has 0 aromatic carbocycles. The predicted octanol–water partition coefficient (Wildman–Crippen LogP) is 0.644. The van der Waals surface area contributed by atoms with Gasteiger partial charge >= 0.3 is 0 Å². The summed E-state index contributed by atoms with van der Waals surface area (Å²) in [5, 5.41) is 8.96. The van der Waals surface area contributed by atoms with Crippen molar-refractivity contribution >= 4 is 5.91 Å². The lowest BCUT2D eigenvalue weighted by molar-refractivity contribution is -0.137. The van der Waals surface area contributed by atoms with Crippen molar-refractivity contribution in [2.24, 2.45) is 5.92 Å². The summed E-state index contributed by atoms with van der Waals surface area (Å²) >= 11 is 0. The predicted molar refractivity (Wildman–Crippen MR) is 57.5 cm³/mol. The molecule has 0 aromatic rings. The molecule has 0 radical (unpaired) electrons. The van der Waals surface area contributed by atoms with E-state index in [0.717, 1.165) is 32.4 Å². The molecule has 1 N–H and O–H groups in total. The van der Waals surface area contributed by atoms with Gasteiger partial charge in [0, 0.05) is 26.3 Å². The third-order valence-electron chi connectivity index (χ3n) is 2.80. The molecule has 15 heavy (non-hydrogen) atoms. The lowest BCUT2D eigenvalue weighted by Crippen LogP contribution is -2.41. The number of aliphatic hydroxyl groups is 1. The van der Waals surface area contributed by atoms with Crippen LogP contribution in [0.25, 0.3) is 0 Å². The Morgan fingerprint density at radius 2 is 2.13 bits per heavy atom. The third-order valence-corrected chi connectivity index (χ3v) is 2.80. The molecule has 0 spiro atoms. The Labute approximate surface area is 91.2 Å². The smallest absolute Gasteiger partial charge is 0.248 e. The topological polar surface area (TPSA) is 49.8 Å². The van der Waals surface area contributed by atoms with Gasteiger partial charge in [-0.1, -0.05) is 6.92 Å². The fraction of sp³-hybridized carbons (Fsp3) is 0.909. The van der Waals surface area contributed by atoms with Crippen LogP contribution < -0.4 is 0 Å². The van der Waals surface area contributed by atoms with E-state index in [1.165, 1.54) is 0 Å². The van der Waals surface area contributed by atoms with Crippen LogP contribution >= 0.6 is 0 Å². The maximum absolute atomic E-state index is 11.6. The molecule has 1 amide bonds. The van der Waals surface area contributed by atoms with E-state index in [0.29, 0.717) is 12.5 Å². The summed E-state index contributed by atoms with van der Waals surface area (Å²) in [6, 6.07) is 0. The minimum Gasteiger partial charge on any atom is -0.396 e. The van der Waals surface area contributed by atoms with Crippen LogP contribution in [0.4, 0.5) is 0 Å². The second-order valence-corrected chi connectivity index (χ2v) is 4.06. The van der Waals surface area contributed by atoms with Gasteiger partial charge in [0.15, 0.2) is 0 Å². The first-order valence-corrected chi connectivity index (χ1v) is 5.74. The monoisotopic (exact) mass is 215 g/mol. The number of carbonyl (C=O) groups excluding carboxylic acids is 1. The lowest BCUT2D eigenvalue weighted by Gasteiger charge is -2.31. The van der Waals surface area contributed by atoms with Gasteiger partial charge in [-0.25, -0.2) is 0 Å². The Balaban J connectivity index is 2.18. The molecule has 4 heteroatoms. The van der Waals surface area contributed by atoms with Gasteiger partial charge in [-0.15, -0.1) is 0 Å². The molecule has 0 saturated carbocycles. The van der Waals surface area contributed by atoms with Crippen molar-refractivity contribution in [3.8, 4) is 0 Å². The molecule has 0 aliphatic carbocycles. The average Bonchev–Trinajstić information content (AvgIpc) is 2.29. The Hall–Kier alpha value is -0.610. The highest BCUT2D eigenvalue weighted by Gasteiger charge is 2.21. The minimum atomic E-state index is 0.0832. The highest BCUT2D eigenvalue weighted by molar-refractivity contribution is 5.77. The summed E-state index contributed by atoms with van der Waals surface area (Å²) in [6.45, 7) is 4.65. The zero-order valence-electron chi connectivity index (χ0n) is 9.45. The van der Waals surface area contributed by atoms with Gasteiger partial charge in [0.2, 0.25) is 5.91 Å². The van der Waals surface area contributed by atoms with Crippen molar-refractivity contribution in [1.29, 1.82) is 0 Å². The number of hydrogen-bond donors (Lipinski definition) is 1. The number of amides is 1. The van der Waals surface area contributed by atoms with Crippen LogP contribution in [0.1, 0.15) is 26.2 Å². The summed E-state index contributed by atoms with van der Waals surface area (Å²) in [4.78, 5) is 13.4. The average molecular weight is 215 g/mol. The Morgan fingerprint density at radius 3 is 2.67 bits per heavy atom. The van der Waals surface area contributed by atoms with E-state index >= 15 is 0 Å². The number of carbonyl (C=O) groups is 1. The second kappa shape index (κ2) is 6.80. The van der Waals surface area contributed by atoms with Gasteiger partial charge in [0.25, 0.3) is 0 Å². The molecule has 88 valence electrons. The standard InChI is InChI=1S/C11H21NO3/c1-2-7-15-9-11(14)12-5-3-10(8-13)4-6-12/h10,13H,2-9H2,1H3. The molecular weight excluding hydrogens is 194 g/mol. The van der Waals surface area contributed by atoms with E-state index < -0.39 is 0 Å². The number of aliphatic hydroxyl groups excluding tert-OH is 1. The Kier molecular flexibility index (Phi) is 5.65. The highest BCUT2D eigenvalue weighted by atomic mass is 16.5. The number of likely N-dealkylation sites (tertiary alicyclic amines) is 1. The third kappa shape index (κ3) is 4.18. The van der Waals surface area contributed by atoms with Crippen molar-refractivity contribution < 1.29 is 14.6 Å². The minimum absolute atomic E-state index is 0.0832. The number of hydrogen-bond acceptors (Lipinski definition) is 3. The molecule has 0 aromatic heterocycles. The van der Waals surface area contributed by atoms with E-state index in [2.05, 4.69) is 0 Å². The summed E-state index contributed by atoms with van der Waals surface area (Å²) in [6.07, 6.45) is 2.77. The molecule has 1 aliphatic rings.